The highest BCUT2D eigenvalue weighted by atomic mass is 16.4. The van der Waals surface area contributed by atoms with Crippen molar-refractivity contribution >= 4 is 46.6 Å². The van der Waals surface area contributed by atoms with Crippen LogP contribution in [0.2, 0.25) is 0 Å². The molecule has 0 aliphatic rings. The Hall–Kier alpha value is -3.04. The third-order valence-corrected chi connectivity index (χ3v) is 8.64. The summed E-state index contributed by atoms with van der Waals surface area (Å²) in [4.78, 5) is 100. The third kappa shape index (κ3) is 10.1. The molecule has 0 heterocycles. The number of aliphatic carboxylic acids is 2. The fourth-order valence-corrected chi connectivity index (χ4v) is 5.72. The first-order valence-electron chi connectivity index (χ1n) is 14.7. The number of carboxylic acid groups (broad SMARTS) is 2. The van der Waals surface area contributed by atoms with Gasteiger partial charge in [0.2, 0.25) is 0 Å². The zero-order valence-corrected chi connectivity index (χ0v) is 25.5. The number of Topliss-reactive ketones (excluding diaryl/α,β-unsaturated/α-hetero) is 6. The number of carbonyl (C=O) groups is 8. The molecule has 0 saturated carbocycles. The fourth-order valence-electron chi connectivity index (χ4n) is 5.72. The molecule has 0 radical (unpaired) electrons. The number of hydrogen-bond donors (Lipinski definition) is 2. The Balaban J connectivity index is 6.59. The lowest BCUT2D eigenvalue weighted by atomic mass is 9.63. The predicted molar refractivity (Wildman–Crippen MR) is 151 cm³/mol. The maximum atomic E-state index is 12.9. The Morgan fingerprint density at radius 2 is 0.829 bits per heavy atom. The molecule has 0 aromatic rings. The molecule has 0 spiro atoms. The van der Waals surface area contributed by atoms with E-state index in [0.29, 0.717) is 0 Å². The van der Waals surface area contributed by atoms with Crippen molar-refractivity contribution in [1.29, 1.82) is 0 Å². The summed E-state index contributed by atoms with van der Waals surface area (Å²) in [6.07, 6.45) is -0.534. The molecule has 0 fully saturated rings. The summed E-state index contributed by atoms with van der Waals surface area (Å²) in [5.74, 6) is -7.12. The van der Waals surface area contributed by atoms with Crippen LogP contribution in [0, 0.1) is 22.7 Å². The molecule has 41 heavy (non-hydrogen) atoms. The first-order valence-corrected chi connectivity index (χ1v) is 14.7. The van der Waals surface area contributed by atoms with Gasteiger partial charge in [-0.05, 0) is 51.4 Å². The number of carbonyl (C=O) groups excluding carboxylic acids is 6. The smallest absolute Gasteiger partial charge is 0.317 e. The first kappa shape index (κ1) is 38.0. The second-order valence-electron chi connectivity index (χ2n) is 11.0. The fraction of sp³-hybridized carbons (Fsp3) is 0.742. The van der Waals surface area contributed by atoms with E-state index in [1.165, 1.54) is 0 Å². The van der Waals surface area contributed by atoms with Crippen molar-refractivity contribution in [3.63, 3.8) is 0 Å². The van der Waals surface area contributed by atoms with Gasteiger partial charge < -0.3 is 10.2 Å². The van der Waals surface area contributed by atoms with Gasteiger partial charge in [-0.1, -0.05) is 34.1 Å². The number of hydrogen-bond acceptors (Lipinski definition) is 8. The minimum Gasteiger partial charge on any atom is -0.480 e. The van der Waals surface area contributed by atoms with Gasteiger partial charge in [-0.2, -0.15) is 0 Å². The summed E-state index contributed by atoms with van der Waals surface area (Å²) < 4.78 is 0. The lowest BCUT2D eigenvalue weighted by Gasteiger charge is -2.37. The van der Waals surface area contributed by atoms with Gasteiger partial charge in [0.25, 0.3) is 0 Å². The molecule has 10 heteroatoms. The maximum Gasteiger partial charge on any atom is 0.317 e. The average molecular weight is 581 g/mol. The first-order chi connectivity index (χ1) is 19.1. The van der Waals surface area contributed by atoms with E-state index in [-0.39, 0.29) is 107 Å². The summed E-state index contributed by atoms with van der Waals surface area (Å²) in [5.41, 5.74) is -4.00. The molecule has 0 aliphatic heterocycles. The van der Waals surface area contributed by atoms with E-state index in [9.17, 15) is 48.6 Å². The molecule has 232 valence electrons. The third-order valence-electron chi connectivity index (χ3n) is 8.64. The van der Waals surface area contributed by atoms with E-state index in [0.717, 1.165) is 13.8 Å². The molecular formula is C31H48O10. The Morgan fingerprint density at radius 3 is 1.05 bits per heavy atom. The van der Waals surface area contributed by atoms with E-state index < -0.39 is 46.2 Å². The Bertz CT molecular complexity index is 887. The molecule has 0 aromatic heterocycles. The molecule has 0 saturated heterocycles. The SMILES string of the molecule is CCC(=O)CCC(C(C)=O)(C(=O)O)C(CCCC(CC(=O)CC)C(CCC(=O)CC)(C(C)=O)C(=O)O)CC(=O)CC. The Labute approximate surface area is 243 Å². The van der Waals surface area contributed by atoms with Crippen LogP contribution in [0.4, 0.5) is 0 Å². The molecule has 4 unspecified atom stereocenters. The molecule has 10 nitrogen and oxygen atoms in total. The zero-order chi connectivity index (χ0) is 32.0. The normalized spacial score (nSPS) is 15.6. The second-order valence-corrected chi connectivity index (χ2v) is 11.0. The van der Waals surface area contributed by atoms with Gasteiger partial charge in [0.05, 0.1) is 0 Å². The van der Waals surface area contributed by atoms with Crippen LogP contribution in [0.5, 0.6) is 0 Å². The topological polar surface area (TPSA) is 177 Å². The second kappa shape index (κ2) is 17.7. The van der Waals surface area contributed by atoms with Gasteiger partial charge in [-0.3, -0.25) is 38.4 Å². The van der Waals surface area contributed by atoms with E-state index in [4.69, 9.17) is 0 Å². The van der Waals surface area contributed by atoms with Crippen LogP contribution in [-0.2, 0) is 38.4 Å². The molecule has 0 rings (SSSR count). The van der Waals surface area contributed by atoms with E-state index in [1.54, 1.807) is 27.7 Å². The zero-order valence-electron chi connectivity index (χ0n) is 25.5. The van der Waals surface area contributed by atoms with Gasteiger partial charge in [0.15, 0.2) is 0 Å². The quantitative estimate of drug-likeness (QED) is 0.148. The lowest BCUT2D eigenvalue weighted by Crippen LogP contribution is -2.47. The largest absolute Gasteiger partial charge is 0.480 e. The molecular weight excluding hydrogens is 532 g/mol. The molecule has 0 aromatic carbocycles. The number of carboxylic acids is 2. The highest BCUT2D eigenvalue weighted by Gasteiger charge is 2.52. The van der Waals surface area contributed by atoms with Crippen LogP contribution < -0.4 is 0 Å². The molecule has 0 amide bonds. The monoisotopic (exact) mass is 580 g/mol. The lowest BCUT2D eigenvalue weighted by molar-refractivity contribution is -0.161. The van der Waals surface area contributed by atoms with Crippen LogP contribution in [0.1, 0.15) is 125 Å². The minimum atomic E-state index is -2.00. The predicted octanol–water partition coefficient (Wildman–Crippen LogP) is 4.97. The summed E-state index contributed by atoms with van der Waals surface area (Å²) in [6.45, 7) is 8.76. The minimum absolute atomic E-state index is 0.0241. The van der Waals surface area contributed by atoms with E-state index >= 15 is 0 Å². The van der Waals surface area contributed by atoms with E-state index in [2.05, 4.69) is 0 Å². The van der Waals surface area contributed by atoms with Crippen LogP contribution in [0.3, 0.4) is 0 Å². The summed E-state index contributed by atoms with van der Waals surface area (Å²) >= 11 is 0. The summed E-state index contributed by atoms with van der Waals surface area (Å²) in [7, 11) is 0. The van der Waals surface area contributed by atoms with Crippen molar-refractivity contribution in [2.24, 2.45) is 22.7 Å². The Kier molecular flexibility index (Phi) is 16.4. The van der Waals surface area contributed by atoms with Crippen molar-refractivity contribution in [2.75, 3.05) is 0 Å². The summed E-state index contributed by atoms with van der Waals surface area (Å²) in [5, 5.41) is 20.5. The van der Waals surface area contributed by atoms with Gasteiger partial charge in [0, 0.05) is 51.4 Å². The van der Waals surface area contributed by atoms with Crippen LogP contribution in [0.15, 0.2) is 0 Å². The van der Waals surface area contributed by atoms with Gasteiger partial charge in [-0.15, -0.1) is 0 Å². The van der Waals surface area contributed by atoms with Crippen molar-refractivity contribution in [3.05, 3.63) is 0 Å². The highest BCUT2D eigenvalue weighted by Crippen LogP contribution is 2.44. The van der Waals surface area contributed by atoms with Gasteiger partial charge in [-0.25, -0.2) is 0 Å². The molecule has 4 atom stereocenters. The maximum absolute atomic E-state index is 12.9. The van der Waals surface area contributed by atoms with Gasteiger partial charge >= 0.3 is 11.9 Å². The van der Waals surface area contributed by atoms with Crippen molar-refractivity contribution < 1.29 is 48.6 Å². The summed E-state index contributed by atoms with van der Waals surface area (Å²) in [6, 6.07) is 0. The van der Waals surface area contributed by atoms with Crippen molar-refractivity contribution in [1.82, 2.24) is 0 Å². The number of ketones is 6. The van der Waals surface area contributed by atoms with Crippen molar-refractivity contribution in [3.8, 4) is 0 Å². The van der Waals surface area contributed by atoms with E-state index in [1.807, 2.05) is 0 Å². The number of rotatable bonds is 24. The molecule has 0 aliphatic carbocycles. The standard InChI is InChI=1S/C31H48O10/c1-7-24(34)14-16-30(20(5)32,28(38)39)22(18-26(36)9-3)12-11-13-23(19-27(37)10-4)31(21(6)33,29(40)41)17-15-25(35)8-2/h22-23H,7-19H2,1-6H3,(H,38,39)(H,40,41). The molecule has 0 bridgehead atoms. The van der Waals surface area contributed by atoms with Crippen LogP contribution in [0.25, 0.3) is 0 Å². The van der Waals surface area contributed by atoms with Gasteiger partial charge in [0.1, 0.15) is 45.5 Å². The molecule has 2 N–H and O–H groups in total. The highest BCUT2D eigenvalue weighted by molar-refractivity contribution is 6.04. The average Bonchev–Trinajstić information content (AvgIpc) is 2.91. The van der Waals surface area contributed by atoms with Crippen LogP contribution in [-0.4, -0.2) is 56.9 Å². The van der Waals surface area contributed by atoms with Crippen LogP contribution >= 0.6 is 0 Å². The van der Waals surface area contributed by atoms with Crippen molar-refractivity contribution in [2.45, 2.75) is 125 Å². The Morgan fingerprint density at radius 1 is 0.537 bits per heavy atom.